The van der Waals surface area contributed by atoms with E-state index in [1.54, 1.807) is 11.8 Å². The molecule has 0 radical (unpaired) electrons. The fraction of sp³-hybridized carbons (Fsp3) is 0.455. The Morgan fingerprint density at radius 1 is 1.35 bits per heavy atom. The Morgan fingerprint density at radius 3 is 2.70 bits per heavy atom. The maximum absolute atomic E-state index is 12.3. The molecule has 0 aromatic heterocycles. The number of nitrogens with two attached hydrogens (primary N) is 1. The Kier molecular flexibility index (Phi) is 5.79. The van der Waals surface area contributed by atoms with E-state index in [0.717, 1.165) is 17.3 Å². The molecule has 1 heterocycles. The molecule has 112 valence electrons. The van der Waals surface area contributed by atoms with Gasteiger partial charge < -0.3 is 5.73 Å². The van der Waals surface area contributed by atoms with E-state index >= 15 is 0 Å². The van der Waals surface area contributed by atoms with Crippen LogP contribution in [0.2, 0.25) is 10.0 Å². The predicted molar refractivity (Wildman–Crippen MR) is 89.6 cm³/mol. The van der Waals surface area contributed by atoms with E-state index in [-0.39, 0.29) is 20.9 Å². The molecule has 1 fully saturated rings. The molecule has 0 amide bonds. The second kappa shape index (κ2) is 6.98. The van der Waals surface area contributed by atoms with Gasteiger partial charge in [0.25, 0.3) is 0 Å². The molecule has 1 atom stereocenters. The molecule has 1 aliphatic heterocycles. The minimum Gasteiger partial charge on any atom is -0.398 e. The van der Waals surface area contributed by atoms with Crippen molar-refractivity contribution in [3.05, 3.63) is 22.2 Å². The average molecular weight is 373 g/mol. The van der Waals surface area contributed by atoms with E-state index in [1.165, 1.54) is 12.1 Å². The zero-order chi connectivity index (χ0) is 14.8. The molecule has 3 N–H and O–H groups in total. The second-order valence-corrected chi connectivity index (χ2v) is 9.33. The third-order valence-corrected chi connectivity index (χ3v) is 7.70. The smallest absolute Gasteiger partial charge is 0.244 e. The quantitative estimate of drug-likeness (QED) is 0.794. The lowest BCUT2D eigenvalue weighted by Crippen LogP contribution is -2.34. The van der Waals surface area contributed by atoms with Gasteiger partial charge in [0.05, 0.1) is 10.7 Å². The SMILES string of the molecule is Nc1cc(Cl)cc(Cl)c1S(=O)(=O)NCC1CSCCS1. The highest BCUT2D eigenvalue weighted by Crippen LogP contribution is 2.31. The van der Waals surface area contributed by atoms with Crippen LogP contribution in [0.5, 0.6) is 0 Å². The van der Waals surface area contributed by atoms with E-state index in [9.17, 15) is 8.42 Å². The fourth-order valence-corrected chi connectivity index (χ4v) is 6.57. The standard InChI is InChI=1S/C11H14Cl2N2O2S3/c12-7-3-9(13)11(10(14)4-7)20(16,17)15-5-8-6-18-1-2-19-8/h3-4,8,15H,1-2,5-6,14H2. The highest BCUT2D eigenvalue weighted by Gasteiger charge is 2.24. The molecule has 20 heavy (non-hydrogen) atoms. The summed E-state index contributed by atoms with van der Waals surface area (Å²) < 4.78 is 27.2. The van der Waals surface area contributed by atoms with Gasteiger partial charge in [-0.25, -0.2) is 13.1 Å². The van der Waals surface area contributed by atoms with Crippen LogP contribution in [-0.4, -0.2) is 37.5 Å². The summed E-state index contributed by atoms with van der Waals surface area (Å²) in [5.74, 6) is 3.10. The van der Waals surface area contributed by atoms with Crippen molar-refractivity contribution >= 4 is 62.4 Å². The summed E-state index contributed by atoms with van der Waals surface area (Å²) in [5, 5.41) is 0.620. The molecule has 0 bridgehead atoms. The number of sulfonamides is 1. The van der Waals surface area contributed by atoms with Crippen LogP contribution in [0.25, 0.3) is 0 Å². The Morgan fingerprint density at radius 2 is 2.10 bits per heavy atom. The topological polar surface area (TPSA) is 72.2 Å². The van der Waals surface area contributed by atoms with Gasteiger partial charge in [-0.05, 0) is 12.1 Å². The van der Waals surface area contributed by atoms with Crippen LogP contribution in [-0.2, 0) is 10.0 Å². The van der Waals surface area contributed by atoms with E-state index < -0.39 is 10.0 Å². The van der Waals surface area contributed by atoms with Crippen LogP contribution in [0.4, 0.5) is 5.69 Å². The monoisotopic (exact) mass is 372 g/mol. The van der Waals surface area contributed by atoms with Gasteiger partial charge in [-0.2, -0.15) is 23.5 Å². The van der Waals surface area contributed by atoms with Gasteiger partial charge in [0.2, 0.25) is 10.0 Å². The lowest BCUT2D eigenvalue weighted by atomic mass is 10.3. The number of thioether (sulfide) groups is 2. The van der Waals surface area contributed by atoms with Crippen molar-refractivity contribution in [2.45, 2.75) is 10.1 Å². The lowest BCUT2D eigenvalue weighted by molar-refractivity contribution is 0.582. The third-order valence-electron chi connectivity index (χ3n) is 2.69. The highest BCUT2D eigenvalue weighted by molar-refractivity contribution is 8.06. The normalized spacial score (nSPS) is 20.0. The first-order chi connectivity index (χ1) is 9.40. The number of rotatable bonds is 4. The summed E-state index contributed by atoms with van der Waals surface area (Å²) in [5.41, 5.74) is 5.78. The van der Waals surface area contributed by atoms with Gasteiger partial charge in [-0.1, -0.05) is 23.2 Å². The molecule has 0 spiro atoms. The second-order valence-electron chi connectivity index (χ2n) is 4.23. The maximum Gasteiger partial charge on any atom is 0.244 e. The van der Waals surface area contributed by atoms with E-state index in [2.05, 4.69) is 4.72 Å². The number of nitrogens with one attached hydrogen (secondary N) is 1. The van der Waals surface area contributed by atoms with Crippen LogP contribution in [0.1, 0.15) is 0 Å². The van der Waals surface area contributed by atoms with Gasteiger partial charge in [0.15, 0.2) is 0 Å². The summed E-state index contributed by atoms with van der Waals surface area (Å²) in [7, 11) is -3.73. The maximum atomic E-state index is 12.3. The molecular weight excluding hydrogens is 359 g/mol. The summed E-state index contributed by atoms with van der Waals surface area (Å²) in [6.07, 6.45) is 0. The van der Waals surface area contributed by atoms with Crippen LogP contribution < -0.4 is 10.5 Å². The Bertz CT molecular complexity index is 566. The molecule has 0 saturated carbocycles. The number of hydrogen-bond acceptors (Lipinski definition) is 5. The number of anilines is 1. The van der Waals surface area contributed by atoms with Gasteiger partial charge in [0, 0.05) is 34.1 Å². The van der Waals surface area contributed by atoms with Crippen molar-refractivity contribution < 1.29 is 8.42 Å². The van der Waals surface area contributed by atoms with Crippen molar-refractivity contribution in [1.82, 2.24) is 4.72 Å². The molecule has 1 aliphatic rings. The highest BCUT2D eigenvalue weighted by atomic mass is 35.5. The fourth-order valence-electron chi connectivity index (χ4n) is 1.79. The number of benzene rings is 1. The number of nitrogen functional groups attached to an aromatic ring is 1. The van der Waals surface area contributed by atoms with Crippen LogP contribution >= 0.6 is 46.7 Å². The summed E-state index contributed by atoms with van der Waals surface area (Å²) in [6, 6.07) is 2.76. The minimum absolute atomic E-state index is 0.0353. The molecule has 1 aromatic rings. The summed E-state index contributed by atoms with van der Waals surface area (Å²) in [4.78, 5) is -0.1000. The summed E-state index contributed by atoms with van der Waals surface area (Å²) >= 11 is 15.3. The molecule has 1 aromatic carbocycles. The molecule has 1 unspecified atom stereocenters. The van der Waals surface area contributed by atoms with E-state index in [4.69, 9.17) is 28.9 Å². The molecule has 2 rings (SSSR count). The Labute approximate surface area is 137 Å². The largest absolute Gasteiger partial charge is 0.398 e. The van der Waals surface area contributed by atoms with Crippen molar-refractivity contribution in [3.8, 4) is 0 Å². The van der Waals surface area contributed by atoms with Gasteiger partial charge in [0.1, 0.15) is 4.90 Å². The van der Waals surface area contributed by atoms with Crippen molar-refractivity contribution in [2.24, 2.45) is 0 Å². The van der Waals surface area contributed by atoms with Crippen molar-refractivity contribution in [2.75, 3.05) is 29.5 Å². The first-order valence-corrected chi connectivity index (χ1v) is 10.3. The van der Waals surface area contributed by atoms with Crippen LogP contribution in [0.15, 0.2) is 17.0 Å². The lowest BCUT2D eigenvalue weighted by Gasteiger charge is -2.21. The van der Waals surface area contributed by atoms with E-state index in [1.807, 2.05) is 11.8 Å². The van der Waals surface area contributed by atoms with Gasteiger partial charge in [-0.15, -0.1) is 0 Å². The molecular formula is C11H14Cl2N2O2S3. The first kappa shape index (κ1) is 16.6. The minimum atomic E-state index is -3.73. The molecule has 4 nitrogen and oxygen atoms in total. The molecule has 9 heteroatoms. The zero-order valence-corrected chi connectivity index (χ0v) is 14.4. The summed E-state index contributed by atoms with van der Waals surface area (Å²) in [6.45, 7) is 0.373. The molecule has 1 saturated heterocycles. The van der Waals surface area contributed by atoms with E-state index in [0.29, 0.717) is 11.6 Å². The third kappa shape index (κ3) is 4.11. The van der Waals surface area contributed by atoms with Crippen LogP contribution in [0.3, 0.4) is 0 Å². The number of halogens is 2. The average Bonchev–Trinajstić information content (AvgIpc) is 2.36. The zero-order valence-electron chi connectivity index (χ0n) is 10.4. The number of hydrogen-bond donors (Lipinski definition) is 2. The van der Waals surface area contributed by atoms with Gasteiger partial charge >= 0.3 is 0 Å². The van der Waals surface area contributed by atoms with Gasteiger partial charge in [-0.3, -0.25) is 0 Å². The van der Waals surface area contributed by atoms with Crippen LogP contribution in [0, 0.1) is 0 Å². The first-order valence-electron chi connectivity index (χ1n) is 5.83. The predicted octanol–water partition coefficient (Wildman–Crippen LogP) is 2.70. The Hall–Kier alpha value is 0.210. The van der Waals surface area contributed by atoms with Crippen molar-refractivity contribution in [3.63, 3.8) is 0 Å². The van der Waals surface area contributed by atoms with Crippen molar-refractivity contribution in [1.29, 1.82) is 0 Å². The Balaban J connectivity index is 2.14. The molecule has 0 aliphatic carbocycles.